The quantitative estimate of drug-likeness (QED) is 0.507. The van der Waals surface area contributed by atoms with E-state index >= 15 is 0 Å². The van der Waals surface area contributed by atoms with E-state index in [1.54, 1.807) is 30.3 Å². The summed E-state index contributed by atoms with van der Waals surface area (Å²) in [6.07, 6.45) is 0.462. The van der Waals surface area contributed by atoms with Crippen LogP contribution in [-0.4, -0.2) is 24.4 Å². The predicted octanol–water partition coefficient (Wildman–Crippen LogP) is 2.99. The molecule has 1 unspecified atom stereocenters. The molecule has 0 spiro atoms. The average molecular weight is 359 g/mol. The third-order valence-corrected chi connectivity index (χ3v) is 4.14. The first-order valence-electron chi connectivity index (χ1n) is 8.33. The fourth-order valence-electron chi connectivity index (χ4n) is 2.84. The van der Waals surface area contributed by atoms with Gasteiger partial charge >= 0.3 is 0 Å². The monoisotopic (exact) mass is 359 g/mol. The lowest BCUT2D eigenvalue weighted by molar-refractivity contribution is -0.132. The summed E-state index contributed by atoms with van der Waals surface area (Å²) < 4.78 is 27.0. The molecule has 26 heavy (non-hydrogen) atoms. The van der Waals surface area contributed by atoms with E-state index in [1.165, 1.54) is 23.1 Å². The van der Waals surface area contributed by atoms with Crippen molar-refractivity contribution in [1.29, 1.82) is 0 Å². The molecule has 1 aliphatic rings. The molecule has 2 N–H and O–H groups in total. The molecule has 1 atom stereocenters. The van der Waals surface area contributed by atoms with Crippen LogP contribution in [0.25, 0.3) is 0 Å². The highest BCUT2D eigenvalue weighted by Crippen LogP contribution is 2.23. The van der Waals surface area contributed by atoms with Gasteiger partial charge in [0.15, 0.2) is 0 Å². The van der Waals surface area contributed by atoms with Gasteiger partial charge in [-0.1, -0.05) is 29.4 Å². The Morgan fingerprint density at radius 3 is 2.81 bits per heavy atom. The number of nitrogens with two attached hydrogens (primary N) is 1. The molecular weight excluding hydrogens is 340 g/mol. The molecule has 0 aromatic heterocycles. The molecule has 1 amide bonds. The maximum Gasteiger partial charge on any atom is 0.270 e. The van der Waals surface area contributed by atoms with Gasteiger partial charge in [0, 0.05) is 18.7 Å². The van der Waals surface area contributed by atoms with Crippen LogP contribution in [0.3, 0.4) is 0 Å². The van der Waals surface area contributed by atoms with Crippen LogP contribution in [0.1, 0.15) is 18.4 Å². The molecular formula is C19H19F2N3O2. The van der Waals surface area contributed by atoms with Gasteiger partial charge in [-0.05, 0) is 42.7 Å². The van der Waals surface area contributed by atoms with E-state index < -0.39 is 11.9 Å². The standard InChI is InChI=1S/C19H19F2N3O2/c20-14-6-3-7-15(12-14)24-10-4-9-17(19(24)25)26-23-18(22)11-13-5-1-2-8-16(13)21/h1-3,5-8,12,17H,4,9-11H2,(H2,22,23). The first-order chi connectivity index (χ1) is 12.5. The van der Waals surface area contributed by atoms with Crippen molar-refractivity contribution in [3.63, 3.8) is 0 Å². The zero-order valence-corrected chi connectivity index (χ0v) is 14.1. The van der Waals surface area contributed by atoms with Gasteiger partial charge in [-0.25, -0.2) is 8.78 Å². The van der Waals surface area contributed by atoms with Crippen molar-refractivity contribution in [3.05, 3.63) is 65.7 Å². The van der Waals surface area contributed by atoms with Gasteiger partial charge in [0.25, 0.3) is 5.91 Å². The second kappa shape index (κ2) is 7.95. The first-order valence-corrected chi connectivity index (χ1v) is 8.33. The number of hydrogen-bond acceptors (Lipinski definition) is 3. The number of rotatable bonds is 5. The fraction of sp³-hybridized carbons (Fsp3) is 0.263. The number of amides is 1. The van der Waals surface area contributed by atoms with Crippen LogP contribution >= 0.6 is 0 Å². The third-order valence-electron chi connectivity index (χ3n) is 4.14. The SMILES string of the molecule is N/C(Cc1ccccc1F)=N\OC1CCCN(c2cccc(F)c2)C1=O. The Labute approximate surface area is 150 Å². The van der Waals surface area contributed by atoms with E-state index in [0.29, 0.717) is 30.6 Å². The Morgan fingerprint density at radius 2 is 2.04 bits per heavy atom. The Morgan fingerprint density at radius 1 is 1.23 bits per heavy atom. The lowest BCUT2D eigenvalue weighted by Gasteiger charge is -2.30. The number of benzene rings is 2. The number of hydrogen-bond donors (Lipinski definition) is 1. The summed E-state index contributed by atoms with van der Waals surface area (Å²) in [6.45, 7) is 0.483. The van der Waals surface area contributed by atoms with Crippen molar-refractivity contribution in [2.75, 3.05) is 11.4 Å². The van der Waals surface area contributed by atoms with Crippen molar-refractivity contribution in [3.8, 4) is 0 Å². The van der Waals surface area contributed by atoms with Crippen LogP contribution in [0.2, 0.25) is 0 Å². The van der Waals surface area contributed by atoms with E-state index in [9.17, 15) is 13.6 Å². The number of anilines is 1. The maximum absolute atomic E-state index is 13.6. The Bertz CT molecular complexity index is 826. The van der Waals surface area contributed by atoms with Crippen LogP contribution in [0.15, 0.2) is 53.7 Å². The summed E-state index contributed by atoms with van der Waals surface area (Å²) >= 11 is 0. The predicted molar refractivity (Wildman–Crippen MR) is 94.6 cm³/mol. The topological polar surface area (TPSA) is 67.9 Å². The maximum atomic E-state index is 13.6. The van der Waals surface area contributed by atoms with Crippen molar-refractivity contribution in [1.82, 2.24) is 0 Å². The number of piperidine rings is 1. The summed E-state index contributed by atoms with van der Waals surface area (Å²) in [4.78, 5) is 19.3. The molecule has 5 nitrogen and oxygen atoms in total. The molecule has 1 aliphatic heterocycles. The van der Waals surface area contributed by atoms with Crippen LogP contribution in [0.4, 0.5) is 14.5 Å². The number of carbonyl (C=O) groups is 1. The van der Waals surface area contributed by atoms with E-state index in [-0.39, 0.29) is 24.0 Å². The highest BCUT2D eigenvalue weighted by Gasteiger charge is 2.31. The molecule has 1 fully saturated rings. The number of oxime groups is 1. The highest BCUT2D eigenvalue weighted by atomic mass is 19.1. The van der Waals surface area contributed by atoms with Crippen LogP contribution in [0.5, 0.6) is 0 Å². The minimum Gasteiger partial charge on any atom is -0.384 e. The van der Waals surface area contributed by atoms with Crippen molar-refractivity contribution in [2.24, 2.45) is 10.9 Å². The second-order valence-corrected chi connectivity index (χ2v) is 6.06. The lowest BCUT2D eigenvalue weighted by atomic mass is 10.1. The number of halogens is 2. The molecule has 0 bridgehead atoms. The van der Waals surface area contributed by atoms with Gasteiger partial charge in [-0.2, -0.15) is 0 Å². The fourth-order valence-corrected chi connectivity index (χ4v) is 2.84. The summed E-state index contributed by atoms with van der Waals surface area (Å²) in [5.41, 5.74) is 6.66. The first kappa shape index (κ1) is 17.8. The number of carbonyl (C=O) groups excluding carboxylic acids is 1. The molecule has 1 heterocycles. The number of amidine groups is 1. The molecule has 2 aromatic rings. The van der Waals surface area contributed by atoms with Gasteiger partial charge in [0.05, 0.1) is 0 Å². The zero-order valence-electron chi connectivity index (χ0n) is 14.1. The Balaban J connectivity index is 1.65. The summed E-state index contributed by atoms with van der Waals surface area (Å²) in [5, 5.41) is 3.79. The number of nitrogens with zero attached hydrogens (tertiary/aromatic N) is 2. The molecule has 7 heteroatoms. The smallest absolute Gasteiger partial charge is 0.270 e. The Kier molecular flexibility index (Phi) is 5.46. The summed E-state index contributed by atoms with van der Waals surface area (Å²) in [5.74, 6) is -1.02. The van der Waals surface area contributed by atoms with E-state index in [2.05, 4.69) is 5.16 Å². The minimum atomic E-state index is -0.800. The van der Waals surface area contributed by atoms with Crippen LogP contribution in [-0.2, 0) is 16.1 Å². The van der Waals surface area contributed by atoms with Gasteiger partial charge in [0.2, 0.25) is 6.10 Å². The van der Waals surface area contributed by atoms with E-state index in [0.717, 1.165) is 0 Å². The summed E-state index contributed by atoms with van der Waals surface area (Å²) in [7, 11) is 0. The zero-order chi connectivity index (χ0) is 18.5. The largest absolute Gasteiger partial charge is 0.384 e. The highest BCUT2D eigenvalue weighted by molar-refractivity contribution is 5.97. The molecule has 3 rings (SSSR count). The van der Waals surface area contributed by atoms with E-state index in [4.69, 9.17) is 10.6 Å². The van der Waals surface area contributed by atoms with Crippen LogP contribution in [0, 0.1) is 11.6 Å². The molecule has 136 valence electrons. The molecule has 0 saturated carbocycles. The van der Waals surface area contributed by atoms with Crippen molar-refractivity contribution < 1.29 is 18.4 Å². The Hall–Kier alpha value is -2.96. The third kappa shape index (κ3) is 4.17. The van der Waals surface area contributed by atoms with E-state index in [1.807, 2.05) is 0 Å². The molecule has 2 aromatic carbocycles. The molecule has 0 radical (unpaired) electrons. The van der Waals surface area contributed by atoms with Gasteiger partial charge in [-0.3, -0.25) is 4.79 Å². The minimum absolute atomic E-state index is 0.0748. The van der Waals surface area contributed by atoms with Gasteiger partial charge in [0.1, 0.15) is 17.5 Å². The van der Waals surface area contributed by atoms with Gasteiger partial charge in [-0.15, -0.1) is 0 Å². The van der Waals surface area contributed by atoms with Crippen molar-refractivity contribution in [2.45, 2.75) is 25.4 Å². The molecule has 0 aliphatic carbocycles. The van der Waals surface area contributed by atoms with Crippen LogP contribution < -0.4 is 10.6 Å². The second-order valence-electron chi connectivity index (χ2n) is 6.06. The normalized spacial score (nSPS) is 18.1. The average Bonchev–Trinajstić information content (AvgIpc) is 2.63. The van der Waals surface area contributed by atoms with Gasteiger partial charge < -0.3 is 15.5 Å². The van der Waals surface area contributed by atoms with Crippen molar-refractivity contribution >= 4 is 17.4 Å². The molecule has 1 saturated heterocycles. The lowest BCUT2D eigenvalue weighted by Crippen LogP contribution is -2.45. The summed E-state index contributed by atoms with van der Waals surface area (Å²) in [6, 6.07) is 12.1.